The summed E-state index contributed by atoms with van der Waals surface area (Å²) in [4.78, 5) is 15.9. The third-order valence-corrected chi connectivity index (χ3v) is 3.56. The van der Waals surface area contributed by atoms with E-state index in [4.69, 9.17) is 21.8 Å². The lowest BCUT2D eigenvalue weighted by Crippen LogP contribution is -2.15. The van der Waals surface area contributed by atoms with Crippen molar-refractivity contribution in [3.05, 3.63) is 59.9 Å². The van der Waals surface area contributed by atoms with E-state index in [2.05, 4.69) is 10.1 Å². The molecule has 0 atom stereocenters. The standard InChI is InChI=1S/C19H17BN2O4/c1-2-24-18(23)12-25-16-9-8-14(20)11-15(16)19-21-17(22-26-19)10-13-6-4-3-5-7-13/h3-9,11H,2,10,12H2,1H3. The van der Waals surface area contributed by atoms with Crippen LogP contribution in [-0.4, -0.2) is 37.2 Å². The van der Waals surface area contributed by atoms with Crippen molar-refractivity contribution in [3.8, 4) is 17.2 Å². The van der Waals surface area contributed by atoms with Gasteiger partial charge in [-0.15, -0.1) is 0 Å². The molecule has 0 fully saturated rings. The molecule has 0 saturated heterocycles. The van der Waals surface area contributed by atoms with Gasteiger partial charge in [-0.2, -0.15) is 4.98 Å². The fourth-order valence-corrected chi connectivity index (χ4v) is 2.39. The van der Waals surface area contributed by atoms with Gasteiger partial charge in [0.15, 0.2) is 12.4 Å². The normalized spacial score (nSPS) is 10.5. The molecule has 2 aromatic carbocycles. The van der Waals surface area contributed by atoms with Crippen LogP contribution in [0, 0.1) is 0 Å². The van der Waals surface area contributed by atoms with Crippen LogP contribution in [-0.2, 0) is 16.0 Å². The van der Waals surface area contributed by atoms with Crippen LogP contribution < -0.4 is 10.2 Å². The Balaban J connectivity index is 1.80. The molecule has 0 spiro atoms. The van der Waals surface area contributed by atoms with E-state index in [1.54, 1.807) is 25.1 Å². The lowest BCUT2D eigenvalue weighted by Gasteiger charge is -2.09. The molecule has 1 aromatic heterocycles. The van der Waals surface area contributed by atoms with Crippen molar-refractivity contribution >= 4 is 19.3 Å². The zero-order valence-corrected chi connectivity index (χ0v) is 14.3. The topological polar surface area (TPSA) is 74.5 Å². The Bertz CT molecular complexity index is 880. The quantitative estimate of drug-likeness (QED) is 0.481. The second-order valence-corrected chi connectivity index (χ2v) is 5.53. The minimum absolute atomic E-state index is 0.213. The van der Waals surface area contributed by atoms with Crippen molar-refractivity contribution < 1.29 is 18.8 Å². The largest absolute Gasteiger partial charge is 0.481 e. The van der Waals surface area contributed by atoms with Gasteiger partial charge in [0, 0.05) is 6.42 Å². The predicted octanol–water partition coefficient (Wildman–Crippen LogP) is 2.06. The Morgan fingerprint density at radius 3 is 2.77 bits per heavy atom. The number of ether oxygens (including phenoxy) is 2. The number of benzene rings is 2. The molecule has 130 valence electrons. The highest BCUT2D eigenvalue weighted by atomic mass is 16.6. The number of hydrogen-bond donors (Lipinski definition) is 0. The van der Waals surface area contributed by atoms with Crippen LogP contribution in [0.2, 0.25) is 0 Å². The lowest BCUT2D eigenvalue weighted by atomic mass is 9.94. The van der Waals surface area contributed by atoms with E-state index in [0.29, 0.717) is 35.6 Å². The number of nitrogens with zero attached hydrogens (tertiary/aromatic N) is 2. The fraction of sp³-hybridized carbons (Fsp3) is 0.211. The van der Waals surface area contributed by atoms with Crippen molar-refractivity contribution in [2.45, 2.75) is 13.3 Å². The maximum atomic E-state index is 11.5. The third-order valence-electron chi connectivity index (χ3n) is 3.56. The van der Waals surface area contributed by atoms with E-state index in [9.17, 15) is 4.79 Å². The molecule has 0 bridgehead atoms. The van der Waals surface area contributed by atoms with Gasteiger partial charge < -0.3 is 14.0 Å². The summed E-state index contributed by atoms with van der Waals surface area (Å²) in [5.74, 6) is 0.791. The van der Waals surface area contributed by atoms with Gasteiger partial charge in [-0.3, -0.25) is 0 Å². The van der Waals surface area contributed by atoms with Crippen LogP contribution >= 0.6 is 0 Å². The van der Waals surface area contributed by atoms with Crippen LogP contribution in [0.4, 0.5) is 0 Å². The van der Waals surface area contributed by atoms with Gasteiger partial charge in [-0.05, 0) is 18.6 Å². The highest BCUT2D eigenvalue weighted by Crippen LogP contribution is 2.28. The molecule has 2 radical (unpaired) electrons. The summed E-state index contributed by atoms with van der Waals surface area (Å²) >= 11 is 0. The molecule has 0 aliphatic rings. The lowest BCUT2D eigenvalue weighted by molar-refractivity contribution is -0.145. The first-order valence-corrected chi connectivity index (χ1v) is 8.20. The zero-order chi connectivity index (χ0) is 18.4. The highest BCUT2D eigenvalue weighted by molar-refractivity contribution is 6.32. The van der Waals surface area contributed by atoms with Crippen molar-refractivity contribution in [1.82, 2.24) is 10.1 Å². The van der Waals surface area contributed by atoms with E-state index < -0.39 is 5.97 Å². The molecule has 1 heterocycles. The molecule has 3 rings (SSSR count). The van der Waals surface area contributed by atoms with E-state index in [-0.39, 0.29) is 12.5 Å². The summed E-state index contributed by atoms with van der Waals surface area (Å²) in [5.41, 5.74) is 2.12. The maximum Gasteiger partial charge on any atom is 0.344 e. The Labute approximate surface area is 152 Å². The summed E-state index contributed by atoms with van der Waals surface area (Å²) < 4.78 is 15.8. The monoisotopic (exact) mass is 348 g/mol. The molecule has 6 nitrogen and oxygen atoms in total. The molecule has 0 aliphatic carbocycles. The molecule has 3 aromatic rings. The molecule has 0 aliphatic heterocycles. The Morgan fingerprint density at radius 2 is 2.00 bits per heavy atom. The van der Waals surface area contributed by atoms with Gasteiger partial charge in [0.05, 0.1) is 12.2 Å². The number of rotatable bonds is 7. The number of carbonyl (C=O) groups excluding carboxylic acids is 1. The van der Waals surface area contributed by atoms with Gasteiger partial charge in [-0.25, -0.2) is 4.79 Å². The summed E-state index contributed by atoms with van der Waals surface area (Å²) in [6, 6.07) is 14.8. The summed E-state index contributed by atoms with van der Waals surface area (Å²) in [5, 5.41) is 4.01. The number of carbonyl (C=O) groups is 1. The molecular weight excluding hydrogens is 331 g/mol. The first-order chi connectivity index (χ1) is 12.7. The summed E-state index contributed by atoms with van der Waals surface area (Å²) in [6.45, 7) is 1.82. The minimum Gasteiger partial charge on any atom is -0.481 e. The molecule has 7 heteroatoms. The second-order valence-electron chi connectivity index (χ2n) is 5.53. The molecule has 0 amide bonds. The molecule has 0 N–H and O–H groups in total. The molecular formula is C19H17BN2O4. The smallest absolute Gasteiger partial charge is 0.344 e. The van der Waals surface area contributed by atoms with E-state index in [1.165, 1.54) is 0 Å². The van der Waals surface area contributed by atoms with E-state index >= 15 is 0 Å². The number of esters is 1. The van der Waals surface area contributed by atoms with Gasteiger partial charge in [-0.1, -0.05) is 53.1 Å². The number of hydrogen-bond acceptors (Lipinski definition) is 6. The number of aromatic nitrogens is 2. The van der Waals surface area contributed by atoms with E-state index in [1.807, 2.05) is 30.3 Å². The van der Waals surface area contributed by atoms with Crippen molar-refractivity contribution in [2.24, 2.45) is 0 Å². The average Bonchev–Trinajstić information content (AvgIpc) is 3.10. The molecule has 0 saturated carbocycles. The van der Waals surface area contributed by atoms with Gasteiger partial charge in [0.2, 0.25) is 0 Å². The first kappa shape index (κ1) is 17.7. The first-order valence-electron chi connectivity index (χ1n) is 8.20. The Hall–Kier alpha value is -3.09. The Kier molecular flexibility index (Phi) is 5.68. The predicted molar refractivity (Wildman–Crippen MR) is 96.5 cm³/mol. The Morgan fingerprint density at radius 1 is 1.19 bits per heavy atom. The van der Waals surface area contributed by atoms with Crippen LogP contribution in [0.25, 0.3) is 11.5 Å². The second kappa shape index (κ2) is 8.33. The van der Waals surface area contributed by atoms with Crippen molar-refractivity contribution in [3.63, 3.8) is 0 Å². The highest BCUT2D eigenvalue weighted by Gasteiger charge is 2.16. The van der Waals surface area contributed by atoms with E-state index in [0.717, 1.165) is 5.56 Å². The third kappa shape index (κ3) is 4.50. The minimum atomic E-state index is -0.453. The van der Waals surface area contributed by atoms with Crippen LogP contribution in [0.15, 0.2) is 53.1 Å². The maximum absolute atomic E-state index is 11.5. The van der Waals surface area contributed by atoms with Crippen LogP contribution in [0.5, 0.6) is 5.75 Å². The molecule has 26 heavy (non-hydrogen) atoms. The molecule has 0 unspecified atom stereocenters. The fourth-order valence-electron chi connectivity index (χ4n) is 2.39. The average molecular weight is 348 g/mol. The van der Waals surface area contributed by atoms with Gasteiger partial charge in [0.1, 0.15) is 13.6 Å². The van der Waals surface area contributed by atoms with Crippen molar-refractivity contribution in [2.75, 3.05) is 13.2 Å². The van der Waals surface area contributed by atoms with Gasteiger partial charge >= 0.3 is 5.97 Å². The van der Waals surface area contributed by atoms with Crippen molar-refractivity contribution in [1.29, 1.82) is 0 Å². The zero-order valence-electron chi connectivity index (χ0n) is 14.3. The van der Waals surface area contributed by atoms with Crippen LogP contribution in [0.3, 0.4) is 0 Å². The summed E-state index contributed by atoms with van der Waals surface area (Å²) in [7, 11) is 5.86. The van der Waals surface area contributed by atoms with Crippen LogP contribution in [0.1, 0.15) is 18.3 Å². The van der Waals surface area contributed by atoms with Gasteiger partial charge in [0.25, 0.3) is 5.89 Å². The summed E-state index contributed by atoms with van der Waals surface area (Å²) in [6.07, 6.45) is 0.547. The SMILES string of the molecule is [B]c1ccc(OCC(=O)OCC)c(-c2nc(Cc3ccccc3)no2)c1.